The highest BCUT2D eigenvalue weighted by molar-refractivity contribution is 7.17. The zero-order valence-electron chi connectivity index (χ0n) is 9.65. The molecule has 0 spiro atoms. The van der Waals surface area contributed by atoms with Gasteiger partial charge in [0.2, 0.25) is 11.8 Å². The zero-order chi connectivity index (χ0) is 12.7. The molecule has 1 N–H and O–H groups in total. The SMILES string of the molecule is N#Cc1c(N2C(=O)CCC2=O)sc2c1CCNC2. The Bertz CT molecular complexity index is 569. The number of hydrogen-bond acceptors (Lipinski definition) is 5. The fourth-order valence-corrected chi connectivity index (χ4v) is 3.70. The number of hydrogen-bond donors (Lipinski definition) is 1. The third-order valence-corrected chi connectivity index (χ3v) is 4.49. The maximum absolute atomic E-state index is 11.8. The van der Waals surface area contributed by atoms with E-state index in [4.69, 9.17) is 0 Å². The van der Waals surface area contributed by atoms with Crippen LogP contribution in [0.4, 0.5) is 5.00 Å². The van der Waals surface area contributed by atoms with Crippen LogP contribution >= 0.6 is 11.3 Å². The molecule has 1 aromatic heterocycles. The molecule has 5 nitrogen and oxygen atoms in total. The van der Waals surface area contributed by atoms with E-state index in [0.717, 1.165) is 23.4 Å². The molecule has 3 heterocycles. The number of nitriles is 1. The second-order valence-electron chi connectivity index (χ2n) is 4.35. The molecule has 6 heteroatoms. The van der Waals surface area contributed by atoms with Gasteiger partial charge in [-0.3, -0.25) is 9.59 Å². The molecule has 0 unspecified atom stereocenters. The minimum absolute atomic E-state index is 0.192. The summed E-state index contributed by atoms with van der Waals surface area (Å²) in [5.74, 6) is -0.383. The Morgan fingerprint density at radius 3 is 2.61 bits per heavy atom. The van der Waals surface area contributed by atoms with Crippen LogP contribution in [0.3, 0.4) is 0 Å². The molecule has 18 heavy (non-hydrogen) atoms. The van der Waals surface area contributed by atoms with Crippen LogP contribution in [0.25, 0.3) is 0 Å². The Morgan fingerprint density at radius 2 is 1.94 bits per heavy atom. The molecule has 0 saturated carbocycles. The van der Waals surface area contributed by atoms with Gasteiger partial charge in [0, 0.05) is 24.3 Å². The summed E-state index contributed by atoms with van der Waals surface area (Å²) in [5, 5.41) is 13.0. The van der Waals surface area contributed by atoms with Gasteiger partial charge in [-0.05, 0) is 18.5 Å². The summed E-state index contributed by atoms with van der Waals surface area (Å²) < 4.78 is 0. The molecule has 92 valence electrons. The Hall–Kier alpha value is -1.71. The van der Waals surface area contributed by atoms with Crippen molar-refractivity contribution in [2.24, 2.45) is 0 Å². The van der Waals surface area contributed by atoms with Gasteiger partial charge in [-0.1, -0.05) is 0 Å². The number of carbonyl (C=O) groups is 2. The van der Waals surface area contributed by atoms with E-state index in [1.807, 2.05) is 0 Å². The first kappa shape index (κ1) is 11.4. The molecule has 1 aromatic rings. The number of anilines is 1. The van der Waals surface area contributed by atoms with Crippen molar-refractivity contribution in [1.82, 2.24) is 5.32 Å². The van der Waals surface area contributed by atoms with E-state index in [2.05, 4.69) is 11.4 Å². The van der Waals surface area contributed by atoms with Gasteiger partial charge < -0.3 is 5.32 Å². The standard InChI is InChI=1S/C12H11N3O2S/c13-5-8-7-3-4-14-6-9(7)18-12(8)15-10(16)1-2-11(15)17/h14H,1-4,6H2. The molecule has 0 atom stereocenters. The fraction of sp³-hybridized carbons (Fsp3) is 0.417. The van der Waals surface area contributed by atoms with Gasteiger partial charge in [0.05, 0.1) is 5.56 Å². The monoisotopic (exact) mass is 261 g/mol. The predicted octanol–water partition coefficient (Wildman–Crippen LogP) is 0.919. The number of carbonyl (C=O) groups excluding carboxylic acids is 2. The van der Waals surface area contributed by atoms with Crippen LogP contribution < -0.4 is 10.2 Å². The third-order valence-electron chi connectivity index (χ3n) is 3.28. The van der Waals surface area contributed by atoms with Crippen LogP contribution in [0.5, 0.6) is 0 Å². The molecule has 2 aliphatic rings. The van der Waals surface area contributed by atoms with Crippen molar-refractivity contribution < 1.29 is 9.59 Å². The first-order chi connectivity index (χ1) is 8.72. The largest absolute Gasteiger partial charge is 0.312 e. The van der Waals surface area contributed by atoms with Crippen molar-refractivity contribution in [3.8, 4) is 6.07 Å². The van der Waals surface area contributed by atoms with Crippen molar-refractivity contribution in [3.63, 3.8) is 0 Å². The van der Waals surface area contributed by atoms with Crippen molar-refractivity contribution >= 4 is 28.2 Å². The Balaban J connectivity index is 2.12. The highest BCUT2D eigenvalue weighted by atomic mass is 32.1. The minimum Gasteiger partial charge on any atom is -0.312 e. The quantitative estimate of drug-likeness (QED) is 0.763. The van der Waals surface area contributed by atoms with Gasteiger partial charge in [0.25, 0.3) is 0 Å². The molecule has 1 saturated heterocycles. The maximum atomic E-state index is 11.8. The summed E-state index contributed by atoms with van der Waals surface area (Å²) in [7, 11) is 0. The normalized spacial score (nSPS) is 18.9. The van der Waals surface area contributed by atoms with Crippen molar-refractivity contribution in [2.45, 2.75) is 25.8 Å². The van der Waals surface area contributed by atoms with E-state index in [1.54, 1.807) is 0 Å². The minimum atomic E-state index is -0.192. The van der Waals surface area contributed by atoms with E-state index < -0.39 is 0 Å². The van der Waals surface area contributed by atoms with Gasteiger partial charge in [0.15, 0.2) is 0 Å². The maximum Gasteiger partial charge on any atom is 0.234 e. The summed E-state index contributed by atoms with van der Waals surface area (Å²) in [6, 6.07) is 2.16. The van der Waals surface area contributed by atoms with E-state index >= 15 is 0 Å². The van der Waals surface area contributed by atoms with Gasteiger partial charge in [0.1, 0.15) is 11.1 Å². The van der Waals surface area contributed by atoms with E-state index in [1.165, 1.54) is 16.2 Å². The first-order valence-corrected chi connectivity index (χ1v) is 6.65. The molecule has 0 radical (unpaired) electrons. The molecule has 2 aliphatic heterocycles. The Labute approximate surface area is 108 Å². The van der Waals surface area contributed by atoms with Crippen molar-refractivity contribution in [3.05, 3.63) is 16.0 Å². The molecule has 2 amide bonds. The molecular formula is C12H11N3O2S. The second-order valence-corrected chi connectivity index (χ2v) is 5.43. The topological polar surface area (TPSA) is 73.2 Å². The zero-order valence-corrected chi connectivity index (χ0v) is 10.5. The summed E-state index contributed by atoms with van der Waals surface area (Å²) in [4.78, 5) is 25.8. The van der Waals surface area contributed by atoms with Gasteiger partial charge in [-0.2, -0.15) is 5.26 Å². The van der Waals surface area contributed by atoms with Crippen LogP contribution in [-0.4, -0.2) is 18.4 Å². The van der Waals surface area contributed by atoms with Crippen LogP contribution in [0.2, 0.25) is 0 Å². The lowest BCUT2D eigenvalue weighted by Crippen LogP contribution is -2.28. The third kappa shape index (κ3) is 1.55. The highest BCUT2D eigenvalue weighted by Crippen LogP contribution is 2.39. The number of fused-ring (bicyclic) bond motifs is 1. The molecular weight excluding hydrogens is 250 g/mol. The van der Waals surface area contributed by atoms with Crippen LogP contribution in [0.1, 0.15) is 28.8 Å². The number of rotatable bonds is 1. The second kappa shape index (κ2) is 4.19. The summed E-state index contributed by atoms with van der Waals surface area (Å²) in [5.41, 5.74) is 1.52. The molecule has 0 aliphatic carbocycles. The van der Waals surface area contributed by atoms with E-state index in [9.17, 15) is 14.9 Å². The number of amides is 2. The lowest BCUT2D eigenvalue weighted by molar-refractivity contribution is -0.121. The average molecular weight is 261 g/mol. The smallest absolute Gasteiger partial charge is 0.234 e. The molecule has 3 rings (SSSR count). The first-order valence-electron chi connectivity index (χ1n) is 5.83. The van der Waals surface area contributed by atoms with Gasteiger partial charge in [-0.25, -0.2) is 4.90 Å². The highest BCUT2D eigenvalue weighted by Gasteiger charge is 2.35. The lowest BCUT2D eigenvalue weighted by Gasteiger charge is -2.12. The van der Waals surface area contributed by atoms with Crippen LogP contribution in [0, 0.1) is 11.3 Å². The van der Waals surface area contributed by atoms with Gasteiger partial charge >= 0.3 is 0 Å². The average Bonchev–Trinajstić information content (AvgIpc) is 2.89. The Morgan fingerprint density at radius 1 is 1.22 bits per heavy atom. The number of nitrogens with one attached hydrogen (secondary N) is 1. The van der Waals surface area contributed by atoms with Gasteiger partial charge in [-0.15, -0.1) is 11.3 Å². The number of imide groups is 1. The van der Waals surface area contributed by atoms with Crippen LogP contribution in [-0.2, 0) is 22.6 Å². The lowest BCUT2D eigenvalue weighted by atomic mass is 10.0. The van der Waals surface area contributed by atoms with Crippen LogP contribution in [0.15, 0.2) is 0 Å². The van der Waals surface area contributed by atoms with E-state index in [-0.39, 0.29) is 24.7 Å². The summed E-state index contributed by atoms with van der Waals surface area (Å²) in [6.45, 7) is 1.55. The Kier molecular flexibility index (Phi) is 2.65. The summed E-state index contributed by atoms with van der Waals surface area (Å²) >= 11 is 1.39. The molecule has 1 fully saturated rings. The molecule has 0 aromatic carbocycles. The fourth-order valence-electron chi connectivity index (χ4n) is 2.40. The van der Waals surface area contributed by atoms with Crippen molar-refractivity contribution in [1.29, 1.82) is 5.26 Å². The van der Waals surface area contributed by atoms with Crippen molar-refractivity contribution in [2.75, 3.05) is 11.4 Å². The summed E-state index contributed by atoms with van der Waals surface area (Å²) in [6.07, 6.45) is 1.29. The predicted molar refractivity (Wildman–Crippen MR) is 66.2 cm³/mol. The van der Waals surface area contributed by atoms with E-state index in [0.29, 0.717) is 17.1 Å². The number of nitrogens with zero attached hydrogens (tertiary/aromatic N) is 2. The molecule has 0 bridgehead atoms. The number of thiophene rings is 1.